The molecule has 1 saturated heterocycles. The van der Waals surface area contributed by atoms with Crippen molar-refractivity contribution in [3.8, 4) is 5.75 Å². The number of fused-ring (bicyclic) bond motifs is 1. The van der Waals surface area contributed by atoms with Crippen LogP contribution in [0.3, 0.4) is 0 Å². The summed E-state index contributed by atoms with van der Waals surface area (Å²) in [5.41, 5.74) is 1.69. The van der Waals surface area contributed by atoms with Crippen LogP contribution in [0.25, 0.3) is 11.0 Å². The van der Waals surface area contributed by atoms with E-state index in [1.54, 1.807) is 7.11 Å². The maximum absolute atomic E-state index is 12.9. The summed E-state index contributed by atoms with van der Waals surface area (Å²) >= 11 is 0. The van der Waals surface area contributed by atoms with Crippen LogP contribution in [0.5, 0.6) is 5.75 Å². The van der Waals surface area contributed by atoms with E-state index in [1.165, 1.54) is 0 Å². The zero-order valence-corrected chi connectivity index (χ0v) is 16.9. The Labute approximate surface area is 170 Å². The maximum atomic E-state index is 12.9. The molecule has 2 fully saturated rings. The molecule has 1 aliphatic carbocycles. The lowest BCUT2D eigenvalue weighted by molar-refractivity contribution is -0.141. The lowest BCUT2D eigenvalue weighted by Gasteiger charge is -2.39. The first-order chi connectivity index (χ1) is 14.0. The van der Waals surface area contributed by atoms with E-state index in [0.29, 0.717) is 25.3 Å². The highest BCUT2D eigenvalue weighted by Gasteiger charge is 2.36. The fraction of sp³-hybridized carbons (Fsp3) is 0.591. The monoisotopic (exact) mass is 399 g/mol. The number of imidazole rings is 1. The summed E-state index contributed by atoms with van der Waals surface area (Å²) in [6.07, 6.45) is 5.75. The highest BCUT2D eigenvalue weighted by Crippen LogP contribution is 2.33. The van der Waals surface area contributed by atoms with Crippen molar-refractivity contribution >= 4 is 22.9 Å². The number of ether oxygens (including phenoxy) is 1. The number of aromatic amines is 1. The number of methoxy groups -OCH3 is 1. The summed E-state index contributed by atoms with van der Waals surface area (Å²) in [6, 6.07) is 5.75. The lowest BCUT2D eigenvalue weighted by Crippen LogP contribution is -2.46. The van der Waals surface area contributed by atoms with Gasteiger partial charge in [-0.1, -0.05) is 18.9 Å². The van der Waals surface area contributed by atoms with Crippen molar-refractivity contribution in [2.75, 3.05) is 20.2 Å². The number of likely N-dealkylation sites (tertiary alicyclic amines) is 1. The number of carboxylic acid groups (broad SMARTS) is 1. The number of hydrogen-bond donors (Lipinski definition) is 2. The molecule has 2 aliphatic rings. The predicted molar refractivity (Wildman–Crippen MR) is 109 cm³/mol. The first-order valence-corrected chi connectivity index (χ1v) is 10.6. The van der Waals surface area contributed by atoms with Crippen molar-refractivity contribution in [2.45, 2.75) is 44.9 Å². The quantitative estimate of drug-likeness (QED) is 0.777. The van der Waals surface area contributed by atoms with E-state index >= 15 is 0 Å². The lowest BCUT2D eigenvalue weighted by atomic mass is 9.80. The van der Waals surface area contributed by atoms with E-state index in [2.05, 4.69) is 4.98 Å². The molecule has 0 radical (unpaired) electrons. The second-order valence-electron chi connectivity index (χ2n) is 8.42. The molecule has 1 aromatic heterocycles. The molecule has 2 N–H and O–H groups in total. The average Bonchev–Trinajstić information content (AvgIpc) is 3.37. The molecule has 29 heavy (non-hydrogen) atoms. The van der Waals surface area contributed by atoms with Gasteiger partial charge in [0.2, 0.25) is 5.91 Å². The molecule has 7 nitrogen and oxygen atoms in total. The van der Waals surface area contributed by atoms with E-state index in [-0.39, 0.29) is 30.1 Å². The number of carboxylic acids is 1. The van der Waals surface area contributed by atoms with Gasteiger partial charge < -0.3 is 19.7 Å². The number of rotatable bonds is 6. The Bertz CT molecular complexity index is 887. The van der Waals surface area contributed by atoms with Crippen LogP contribution in [0.4, 0.5) is 0 Å². The molecule has 1 saturated carbocycles. The van der Waals surface area contributed by atoms with E-state index in [0.717, 1.165) is 49.0 Å². The Morgan fingerprint density at radius 1 is 1.24 bits per heavy atom. The number of hydrogen-bond acceptors (Lipinski definition) is 4. The normalized spacial score (nSPS) is 22.9. The topological polar surface area (TPSA) is 95.5 Å². The van der Waals surface area contributed by atoms with Crippen molar-refractivity contribution in [1.82, 2.24) is 14.9 Å². The number of H-pyrrole nitrogens is 1. The minimum absolute atomic E-state index is 0.0511. The minimum Gasteiger partial charge on any atom is -0.494 e. The van der Waals surface area contributed by atoms with Crippen molar-refractivity contribution in [3.63, 3.8) is 0 Å². The molecule has 1 amide bonds. The number of piperidine rings is 1. The van der Waals surface area contributed by atoms with Gasteiger partial charge in [-0.15, -0.1) is 0 Å². The zero-order chi connectivity index (χ0) is 20.4. The molecule has 2 unspecified atom stereocenters. The van der Waals surface area contributed by atoms with Crippen LogP contribution in [0.1, 0.15) is 44.3 Å². The zero-order valence-electron chi connectivity index (χ0n) is 16.9. The van der Waals surface area contributed by atoms with Crippen LogP contribution < -0.4 is 4.74 Å². The van der Waals surface area contributed by atoms with Gasteiger partial charge in [0.05, 0.1) is 12.6 Å². The highest BCUT2D eigenvalue weighted by molar-refractivity contribution is 5.81. The van der Waals surface area contributed by atoms with Gasteiger partial charge in [0.25, 0.3) is 0 Å². The number of amides is 1. The van der Waals surface area contributed by atoms with Gasteiger partial charge in [-0.3, -0.25) is 9.59 Å². The second kappa shape index (κ2) is 8.43. The third-order valence-electron chi connectivity index (χ3n) is 6.54. The predicted octanol–water partition coefficient (Wildman–Crippen LogP) is 3.24. The summed E-state index contributed by atoms with van der Waals surface area (Å²) in [4.78, 5) is 34.3. The van der Waals surface area contributed by atoms with Gasteiger partial charge in [-0.25, -0.2) is 4.98 Å². The Kier molecular flexibility index (Phi) is 5.74. The standard InChI is InChI=1S/C22H29N3O4/c1-29-18-8-4-7-17-21(18)24-19(23-17)11-16-13-25(10-9-15(16)12-20(26)27)22(28)14-5-2-3-6-14/h4,7-8,14-16H,2-3,5-6,9-13H2,1H3,(H,23,24)(H,26,27). The number of carbonyl (C=O) groups excluding carboxylic acids is 1. The number of para-hydroxylation sites is 1. The molecule has 0 spiro atoms. The molecule has 2 atom stereocenters. The second-order valence-corrected chi connectivity index (χ2v) is 8.42. The van der Waals surface area contributed by atoms with Crippen molar-refractivity contribution in [2.24, 2.45) is 17.8 Å². The van der Waals surface area contributed by atoms with Crippen LogP contribution in [0, 0.1) is 17.8 Å². The molecule has 1 aliphatic heterocycles. The van der Waals surface area contributed by atoms with Gasteiger partial charge >= 0.3 is 5.97 Å². The molecular weight excluding hydrogens is 370 g/mol. The molecule has 0 bridgehead atoms. The fourth-order valence-corrected chi connectivity index (χ4v) is 5.00. The molecule has 156 valence electrons. The van der Waals surface area contributed by atoms with Crippen LogP contribution >= 0.6 is 0 Å². The summed E-state index contributed by atoms with van der Waals surface area (Å²) in [5.74, 6) is 1.30. The van der Waals surface area contributed by atoms with E-state index < -0.39 is 5.97 Å². The number of nitrogens with one attached hydrogen (secondary N) is 1. The van der Waals surface area contributed by atoms with Gasteiger partial charge in [0.15, 0.2) is 0 Å². The minimum atomic E-state index is -0.776. The van der Waals surface area contributed by atoms with Gasteiger partial charge in [0, 0.05) is 31.8 Å². The first-order valence-electron chi connectivity index (χ1n) is 10.6. The maximum Gasteiger partial charge on any atom is 0.303 e. The van der Waals surface area contributed by atoms with E-state index in [9.17, 15) is 14.7 Å². The number of aromatic nitrogens is 2. The third kappa shape index (κ3) is 4.23. The van der Waals surface area contributed by atoms with Gasteiger partial charge in [0.1, 0.15) is 17.1 Å². The van der Waals surface area contributed by atoms with Gasteiger partial charge in [-0.2, -0.15) is 0 Å². The molecule has 1 aromatic carbocycles. The van der Waals surface area contributed by atoms with Gasteiger partial charge in [-0.05, 0) is 43.2 Å². The van der Waals surface area contributed by atoms with Crippen LogP contribution in [0.2, 0.25) is 0 Å². The SMILES string of the molecule is COc1cccc2[nH]c(CC3CN(C(=O)C4CCCC4)CCC3CC(=O)O)nc12. The Balaban J connectivity index is 1.53. The van der Waals surface area contributed by atoms with Crippen LogP contribution in [0.15, 0.2) is 18.2 Å². The molecule has 2 aromatic rings. The number of nitrogens with zero attached hydrogens (tertiary/aromatic N) is 2. The summed E-state index contributed by atoms with van der Waals surface area (Å²) in [6.45, 7) is 1.28. The Hall–Kier alpha value is -2.57. The molecule has 7 heteroatoms. The molecule has 4 rings (SSSR count). The summed E-state index contributed by atoms with van der Waals surface area (Å²) in [7, 11) is 1.62. The van der Waals surface area contributed by atoms with E-state index in [1.807, 2.05) is 23.1 Å². The smallest absolute Gasteiger partial charge is 0.303 e. The van der Waals surface area contributed by atoms with Crippen LogP contribution in [-0.2, 0) is 16.0 Å². The van der Waals surface area contributed by atoms with Crippen molar-refractivity contribution in [1.29, 1.82) is 0 Å². The molecule has 2 heterocycles. The Morgan fingerprint density at radius 3 is 2.76 bits per heavy atom. The van der Waals surface area contributed by atoms with Crippen LogP contribution in [-0.4, -0.2) is 52.1 Å². The average molecular weight is 399 g/mol. The van der Waals surface area contributed by atoms with E-state index in [4.69, 9.17) is 9.72 Å². The van der Waals surface area contributed by atoms with Crippen molar-refractivity contribution < 1.29 is 19.4 Å². The van der Waals surface area contributed by atoms with Crippen molar-refractivity contribution in [3.05, 3.63) is 24.0 Å². The largest absolute Gasteiger partial charge is 0.494 e. The summed E-state index contributed by atoms with van der Waals surface area (Å²) < 4.78 is 5.40. The number of benzene rings is 1. The molecular formula is C22H29N3O4. The fourth-order valence-electron chi connectivity index (χ4n) is 5.00. The summed E-state index contributed by atoms with van der Waals surface area (Å²) in [5, 5.41) is 9.36. The number of aliphatic carboxylic acids is 1. The Morgan fingerprint density at radius 2 is 2.03 bits per heavy atom. The highest BCUT2D eigenvalue weighted by atomic mass is 16.5. The number of carbonyl (C=O) groups is 2. The first kappa shape index (κ1) is 19.7. The third-order valence-corrected chi connectivity index (χ3v) is 6.54.